The van der Waals surface area contributed by atoms with Crippen LogP contribution in [-0.4, -0.2) is 28.9 Å². The molecular formula is C20H19FN2O. The Morgan fingerprint density at radius 2 is 1.75 bits per heavy atom. The highest BCUT2D eigenvalue weighted by molar-refractivity contribution is 5.94. The molecule has 0 unspecified atom stereocenters. The van der Waals surface area contributed by atoms with Gasteiger partial charge in [-0.15, -0.1) is 0 Å². The lowest BCUT2D eigenvalue weighted by Gasteiger charge is -2.31. The Morgan fingerprint density at radius 1 is 1.04 bits per heavy atom. The lowest BCUT2D eigenvalue weighted by atomic mass is 9.93. The zero-order valence-electron chi connectivity index (χ0n) is 13.3. The highest BCUT2D eigenvalue weighted by Crippen LogP contribution is 2.30. The van der Waals surface area contributed by atoms with Crippen molar-refractivity contribution in [1.82, 2.24) is 9.88 Å². The highest BCUT2D eigenvalue weighted by atomic mass is 19.1. The first-order valence-corrected chi connectivity index (χ1v) is 8.33. The van der Waals surface area contributed by atoms with Gasteiger partial charge in [0.1, 0.15) is 5.82 Å². The lowest BCUT2D eigenvalue weighted by molar-refractivity contribution is 0.0712. The maximum atomic E-state index is 13.0. The molecule has 0 saturated carbocycles. The van der Waals surface area contributed by atoms with Crippen LogP contribution in [-0.2, 0) is 0 Å². The Kier molecular flexibility index (Phi) is 3.81. The number of aromatic amines is 1. The minimum atomic E-state index is -0.316. The smallest absolute Gasteiger partial charge is 0.253 e. The monoisotopic (exact) mass is 322 g/mol. The van der Waals surface area contributed by atoms with Crippen molar-refractivity contribution in [2.45, 2.75) is 18.8 Å². The first-order valence-electron chi connectivity index (χ1n) is 8.33. The molecule has 24 heavy (non-hydrogen) atoms. The Morgan fingerprint density at radius 3 is 2.46 bits per heavy atom. The molecule has 3 aromatic rings. The summed E-state index contributed by atoms with van der Waals surface area (Å²) in [5.74, 6) is 0.129. The third-order valence-electron chi connectivity index (χ3n) is 4.86. The van der Waals surface area contributed by atoms with E-state index in [9.17, 15) is 9.18 Å². The number of carbonyl (C=O) groups excluding carboxylic acids is 1. The van der Waals surface area contributed by atoms with Gasteiger partial charge in [-0.25, -0.2) is 4.39 Å². The van der Waals surface area contributed by atoms with Crippen molar-refractivity contribution in [2.75, 3.05) is 13.1 Å². The lowest BCUT2D eigenvalue weighted by Crippen LogP contribution is -2.38. The van der Waals surface area contributed by atoms with Gasteiger partial charge < -0.3 is 9.88 Å². The van der Waals surface area contributed by atoms with Gasteiger partial charge in [-0.05, 0) is 54.6 Å². The molecule has 1 aromatic heterocycles. The maximum Gasteiger partial charge on any atom is 0.253 e. The van der Waals surface area contributed by atoms with Crippen molar-refractivity contribution in [3.8, 4) is 0 Å². The van der Waals surface area contributed by atoms with Crippen molar-refractivity contribution >= 4 is 16.8 Å². The number of piperidine rings is 1. The fourth-order valence-electron chi connectivity index (χ4n) is 3.48. The van der Waals surface area contributed by atoms with E-state index in [0.29, 0.717) is 11.5 Å². The summed E-state index contributed by atoms with van der Waals surface area (Å²) in [6.07, 6.45) is 1.89. The van der Waals surface area contributed by atoms with E-state index >= 15 is 0 Å². The van der Waals surface area contributed by atoms with Gasteiger partial charge >= 0.3 is 0 Å². The molecule has 1 aliphatic rings. The van der Waals surface area contributed by atoms with Crippen LogP contribution in [0.4, 0.5) is 4.39 Å². The van der Waals surface area contributed by atoms with Crippen LogP contribution in [0.5, 0.6) is 0 Å². The van der Waals surface area contributed by atoms with Crippen molar-refractivity contribution in [2.24, 2.45) is 0 Å². The van der Waals surface area contributed by atoms with Crippen LogP contribution < -0.4 is 0 Å². The van der Waals surface area contributed by atoms with E-state index in [-0.39, 0.29) is 11.7 Å². The van der Waals surface area contributed by atoms with Crippen LogP contribution in [0, 0.1) is 5.82 Å². The average molecular weight is 322 g/mol. The third-order valence-corrected chi connectivity index (χ3v) is 4.86. The third kappa shape index (κ3) is 2.80. The fourth-order valence-corrected chi connectivity index (χ4v) is 3.48. The standard InChI is InChI=1S/C20H19FN2O/c21-17-7-5-15(6-8-17)20(24)23-11-9-14(10-12-23)19-13-16-3-1-2-4-18(16)22-19/h1-8,13-14,22H,9-12H2. The minimum absolute atomic E-state index is 0.00917. The molecule has 3 nitrogen and oxygen atoms in total. The van der Waals surface area contributed by atoms with Crippen LogP contribution in [0.15, 0.2) is 54.6 Å². The van der Waals surface area contributed by atoms with Crippen LogP contribution in [0.2, 0.25) is 0 Å². The first kappa shape index (κ1) is 14.9. The van der Waals surface area contributed by atoms with E-state index in [1.54, 1.807) is 12.1 Å². The summed E-state index contributed by atoms with van der Waals surface area (Å²) in [4.78, 5) is 17.9. The van der Waals surface area contributed by atoms with Gasteiger partial charge in [0.25, 0.3) is 5.91 Å². The number of nitrogens with zero attached hydrogens (tertiary/aromatic N) is 1. The number of para-hydroxylation sites is 1. The summed E-state index contributed by atoms with van der Waals surface area (Å²) < 4.78 is 13.0. The molecule has 1 N–H and O–H groups in total. The number of carbonyl (C=O) groups is 1. The molecule has 4 rings (SSSR count). The predicted molar refractivity (Wildman–Crippen MR) is 92.6 cm³/mol. The zero-order valence-corrected chi connectivity index (χ0v) is 13.3. The van der Waals surface area contributed by atoms with Gasteiger partial charge in [-0.2, -0.15) is 0 Å². The minimum Gasteiger partial charge on any atom is -0.358 e. The molecule has 1 saturated heterocycles. The van der Waals surface area contributed by atoms with Gasteiger partial charge in [0.15, 0.2) is 0 Å². The zero-order chi connectivity index (χ0) is 16.5. The molecule has 0 radical (unpaired) electrons. The molecule has 0 spiro atoms. The number of hydrogen-bond acceptors (Lipinski definition) is 1. The summed E-state index contributed by atoms with van der Waals surface area (Å²) in [7, 11) is 0. The normalized spacial score (nSPS) is 15.8. The summed E-state index contributed by atoms with van der Waals surface area (Å²) in [6, 6.07) is 16.3. The quantitative estimate of drug-likeness (QED) is 0.749. The summed E-state index contributed by atoms with van der Waals surface area (Å²) in [5, 5.41) is 1.23. The first-order chi connectivity index (χ1) is 11.7. The molecule has 1 amide bonds. The molecule has 122 valence electrons. The van der Waals surface area contributed by atoms with Crippen LogP contribution in [0.3, 0.4) is 0 Å². The summed E-state index contributed by atoms with van der Waals surface area (Å²) in [5.41, 5.74) is 2.97. The number of aromatic nitrogens is 1. The van der Waals surface area contributed by atoms with E-state index in [4.69, 9.17) is 0 Å². The fraction of sp³-hybridized carbons (Fsp3) is 0.250. The van der Waals surface area contributed by atoms with E-state index < -0.39 is 0 Å². The van der Waals surface area contributed by atoms with E-state index in [0.717, 1.165) is 31.4 Å². The van der Waals surface area contributed by atoms with Crippen molar-refractivity contribution in [3.05, 3.63) is 71.7 Å². The second-order valence-corrected chi connectivity index (χ2v) is 6.39. The van der Waals surface area contributed by atoms with Crippen molar-refractivity contribution < 1.29 is 9.18 Å². The molecule has 2 aromatic carbocycles. The van der Waals surface area contributed by atoms with Crippen molar-refractivity contribution in [3.63, 3.8) is 0 Å². The van der Waals surface area contributed by atoms with Gasteiger partial charge in [0.2, 0.25) is 0 Å². The SMILES string of the molecule is O=C(c1ccc(F)cc1)N1CCC(c2cc3ccccc3[nH]2)CC1. The van der Waals surface area contributed by atoms with Gasteiger partial charge in [-0.3, -0.25) is 4.79 Å². The summed E-state index contributed by atoms with van der Waals surface area (Å²) >= 11 is 0. The Bertz CT molecular complexity index is 828. The Balaban J connectivity index is 1.44. The topological polar surface area (TPSA) is 36.1 Å². The molecular weight excluding hydrogens is 303 g/mol. The molecule has 0 bridgehead atoms. The van der Waals surface area contributed by atoms with Gasteiger partial charge in [-0.1, -0.05) is 18.2 Å². The number of amides is 1. The van der Waals surface area contributed by atoms with E-state index in [1.807, 2.05) is 17.0 Å². The predicted octanol–water partition coefficient (Wildman–Crippen LogP) is 4.33. The number of H-pyrrole nitrogens is 1. The molecule has 0 atom stereocenters. The molecule has 1 aliphatic heterocycles. The number of hydrogen-bond donors (Lipinski definition) is 1. The van der Waals surface area contributed by atoms with Crippen LogP contribution in [0.1, 0.15) is 34.8 Å². The molecule has 2 heterocycles. The van der Waals surface area contributed by atoms with Gasteiger partial charge in [0.05, 0.1) is 0 Å². The van der Waals surface area contributed by atoms with E-state index in [1.165, 1.54) is 23.2 Å². The maximum absolute atomic E-state index is 13.0. The molecule has 1 fully saturated rings. The van der Waals surface area contributed by atoms with Crippen LogP contribution >= 0.6 is 0 Å². The number of fused-ring (bicyclic) bond motifs is 1. The van der Waals surface area contributed by atoms with Crippen molar-refractivity contribution in [1.29, 1.82) is 0 Å². The Labute approximate surface area is 140 Å². The molecule has 0 aliphatic carbocycles. The number of rotatable bonds is 2. The average Bonchev–Trinajstić information content (AvgIpc) is 3.06. The van der Waals surface area contributed by atoms with Gasteiger partial charge in [0, 0.05) is 35.8 Å². The number of halogens is 1. The molecule has 4 heteroatoms. The summed E-state index contributed by atoms with van der Waals surface area (Å²) in [6.45, 7) is 1.46. The van der Waals surface area contributed by atoms with Crippen LogP contribution in [0.25, 0.3) is 10.9 Å². The number of nitrogens with one attached hydrogen (secondary N) is 1. The van der Waals surface area contributed by atoms with E-state index in [2.05, 4.69) is 23.2 Å². The number of benzene rings is 2. The largest absolute Gasteiger partial charge is 0.358 e. The second kappa shape index (κ2) is 6.11. The number of likely N-dealkylation sites (tertiary alicyclic amines) is 1. The second-order valence-electron chi connectivity index (χ2n) is 6.39. The Hall–Kier alpha value is -2.62. The highest BCUT2D eigenvalue weighted by Gasteiger charge is 2.25.